The Morgan fingerprint density at radius 3 is 0.820 bits per heavy atom. The lowest BCUT2D eigenvalue weighted by molar-refractivity contribution is -0.143. The maximum atomic E-state index is 13.9. The number of esters is 2. The van der Waals surface area contributed by atoms with E-state index in [1.165, 1.54) is 0 Å². The molecule has 61 heavy (non-hydrogen) atoms. The summed E-state index contributed by atoms with van der Waals surface area (Å²) in [7, 11) is -21.5. The van der Waals surface area contributed by atoms with Crippen LogP contribution in [0.4, 0.5) is 0 Å². The third kappa shape index (κ3) is 12.8. The van der Waals surface area contributed by atoms with Crippen molar-refractivity contribution in [2.75, 3.05) is 0 Å². The van der Waals surface area contributed by atoms with Crippen LogP contribution < -0.4 is 20.7 Å². The molecule has 0 heterocycles. The van der Waals surface area contributed by atoms with Crippen LogP contribution >= 0.6 is 0 Å². The second-order valence-corrected chi connectivity index (χ2v) is 39.6. The van der Waals surface area contributed by atoms with Crippen LogP contribution in [0.5, 0.6) is 0 Å². The summed E-state index contributed by atoms with van der Waals surface area (Å²) in [6, 6.07) is 40.1. The van der Waals surface area contributed by atoms with E-state index in [0.717, 1.165) is 20.7 Å². The molecule has 4 aromatic carbocycles. The number of carbonyl (C=O) groups excluding carboxylic acids is 2. The van der Waals surface area contributed by atoms with Gasteiger partial charge >= 0.3 is 29.5 Å². The lowest BCUT2D eigenvalue weighted by atomic mass is 10.4. The molecular formula is C46H66O9Si6. The molecule has 0 fully saturated rings. The van der Waals surface area contributed by atoms with Crippen molar-refractivity contribution in [1.29, 1.82) is 0 Å². The van der Waals surface area contributed by atoms with Crippen molar-refractivity contribution in [3.8, 4) is 0 Å². The lowest BCUT2D eigenvalue weighted by Crippen LogP contribution is -2.78. The molecular weight excluding hydrogens is 865 g/mol. The first-order valence-corrected chi connectivity index (χ1v) is 36.2. The molecule has 0 aliphatic carbocycles. The summed E-state index contributed by atoms with van der Waals surface area (Å²) in [5, 5.41) is 3.92. The van der Waals surface area contributed by atoms with Crippen molar-refractivity contribution >= 4 is 83.6 Å². The molecule has 0 N–H and O–H groups in total. The zero-order valence-corrected chi connectivity index (χ0v) is 44.2. The Morgan fingerprint density at radius 1 is 0.426 bits per heavy atom. The highest BCUT2D eigenvalue weighted by Gasteiger charge is 2.68. The lowest BCUT2D eigenvalue weighted by Gasteiger charge is -2.51. The van der Waals surface area contributed by atoms with Crippen molar-refractivity contribution in [3.63, 3.8) is 0 Å². The van der Waals surface area contributed by atoms with Gasteiger partial charge in [-0.3, -0.25) is 0 Å². The highest BCUT2D eigenvalue weighted by molar-refractivity contribution is 7.00. The molecule has 0 saturated carbocycles. The highest BCUT2D eigenvalue weighted by atomic mass is 28.5. The van der Waals surface area contributed by atoms with Crippen molar-refractivity contribution in [3.05, 3.63) is 146 Å². The maximum Gasteiger partial charge on any atom is 0.516 e. The number of hydrogen-bond donors (Lipinski definition) is 0. The molecule has 328 valence electrons. The minimum atomic E-state index is -4.58. The van der Waals surface area contributed by atoms with Gasteiger partial charge < -0.3 is 30.0 Å². The largest absolute Gasteiger partial charge is 0.516 e. The molecule has 0 aliphatic heterocycles. The molecule has 0 spiro atoms. The van der Waals surface area contributed by atoms with Gasteiger partial charge in [0.15, 0.2) is 11.5 Å². The molecule has 2 unspecified atom stereocenters. The zero-order valence-electron chi connectivity index (χ0n) is 38.2. The van der Waals surface area contributed by atoms with Crippen LogP contribution in [0.2, 0.25) is 52.4 Å². The van der Waals surface area contributed by atoms with Gasteiger partial charge in [0.25, 0.3) is 0 Å². The van der Waals surface area contributed by atoms with E-state index in [-0.39, 0.29) is 24.0 Å². The van der Waals surface area contributed by atoms with E-state index in [1.54, 1.807) is 13.8 Å². The van der Waals surface area contributed by atoms with Gasteiger partial charge in [0.2, 0.25) is 33.3 Å². The Balaban J connectivity index is 2.22. The molecule has 9 nitrogen and oxygen atoms in total. The third-order valence-corrected chi connectivity index (χ3v) is 35.0. The molecule has 4 rings (SSSR count). The summed E-state index contributed by atoms with van der Waals surface area (Å²) in [5.74, 6) is -1.21. The topological polar surface area (TPSA) is 98.8 Å². The fourth-order valence-electron chi connectivity index (χ4n) is 7.00. The second-order valence-electron chi connectivity index (χ2n) is 17.4. The van der Waals surface area contributed by atoms with Gasteiger partial charge in [0, 0.05) is 11.1 Å². The van der Waals surface area contributed by atoms with E-state index < -0.39 is 74.3 Å². The van der Waals surface area contributed by atoms with E-state index in [0.29, 0.717) is 0 Å². The molecule has 4 aromatic rings. The van der Waals surface area contributed by atoms with Gasteiger partial charge in [0.05, 0.1) is 0 Å². The van der Waals surface area contributed by atoms with Gasteiger partial charge in [-0.15, -0.1) is 0 Å². The predicted molar refractivity (Wildman–Crippen MR) is 261 cm³/mol. The SMILES string of the molecule is C=C(C)C(=O)OC(CC)[Si](O[Si](C)(C)c1ccccc1)(O[Si](C)(C)c1ccccc1)O[Si](O[Si](C)(C)c1ccccc1)(O[Si](C)(C)c1ccccc1)C(CC)OC(=O)C(=C)C. The monoisotopic (exact) mass is 930 g/mol. The second kappa shape index (κ2) is 20.7. The molecule has 15 heteroatoms. The Labute approximate surface area is 371 Å². The number of hydrogen-bond acceptors (Lipinski definition) is 9. The van der Waals surface area contributed by atoms with Crippen LogP contribution in [0.1, 0.15) is 40.5 Å². The van der Waals surface area contributed by atoms with E-state index in [1.807, 2.05) is 135 Å². The van der Waals surface area contributed by atoms with Gasteiger partial charge in [-0.1, -0.05) is 148 Å². The highest BCUT2D eigenvalue weighted by Crippen LogP contribution is 2.38. The van der Waals surface area contributed by atoms with Crippen LogP contribution in [0.15, 0.2) is 146 Å². The first kappa shape index (κ1) is 50.1. The fourth-order valence-corrected chi connectivity index (χ4v) is 33.7. The average Bonchev–Trinajstić information content (AvgIpc) is 3.22. The standard InChI is InChI=1S/C46H66O9Si6/c1-15-43(49-45(47)37(3)4)60(51-56(7,8)39-29-21-17-22-30-39,52-57(9,10)40-31-23-18-24-32-40)55-61(44(16-2)50-46(48)38(5)6,53-58(11,12)41-33-25-19-26-34-41)54-59(13,14)42-35-27-20-28-36-42/h17-36,43-44H,3,5,15-16H2,1-2,4,6-14H3. The predicted octanol–water partition coefficient (Wildman–Crippen LogP) is 8.27. The Morgan fingerprint density at radius 2 is 0.639 bits per heavy atom. The van der Waals surface area contributed by atoms with E-state index in [2.05, 4.69) is 65.5 Å². The first-order chi connectivity index (χ1) is 28.5. The Kier molecular flexibility index (Phi) is 17.0. The first-order valence-electron chi connectivity index (χ1n) is 21.0. The molecule has 0 aromatic heterocycles. The normalized spacial score (nSPS) is 13.8. The molecule has 0 amide bonds. The molecule has 0 bridgehead atoms. The Bertz CT molecular complexity index is 1830. The van der Waals surface area contributed by atoms with E-state index in [9.17, 15) is 9.59 Å². The summed E-state index contributed by atoms with van der Waals surface area (Å²) < 4.78 is 52.1. The van der Waals surface area contributed by atoms with E-state index >= 15 is 0 Å². The van der Waals surface area contributed by atoms with Crippen LogP contribution in [0.25, 0.3) is 0 Å². The minimum absolute atomic E-state index is 0.216. The van der Waals surface area contributed by atoms with E-state index in [4.69, 9.17) is 30.0 Å². The summed E-state index contributed by atoms with van der Waals surface area (Å²) in [6.45, 7) is 31.7. The van der Waals surface area contributed by atoms with Gasteiger partial charge in [-0.2, -0.15) is 0 Å². The molecule has 2 atom stereocenters. The zero-order chi connectivity index (χ0) is 45.3. The third-order valence-electron chi connectivity index (χ3n) is 10.5. The molecule has 0 radical (unpaired) electrons. The van der Waals surface area contributed by atoms with Crippen molar-refractivity contribution < 1.29 is 39.6 Å². The van der Waals surface area contributed by atoms with Gasteiger partial charge in [0.1, 0.15) is 0 Å². The summed E-state index contributed by atoms with van der Waals surface area (Å²) in [4.78, 5) is 27.7. The molecule has 0 saturated heterocycles. The summed E-state index contributed by atoms with van der Waals surface area (Å²) in [5.41, 5.74) is -1.68. The number of carbonyl (C=O) groups is 2. The fraction of sp³-hybridized carbons (Fsp3) is 0.348. The smallest absolute Gasteiger partial charge is 0.455 e. The quantitative estimate of drug-likeness (QED) is 0.0439. The van der Waals surface area contributed by atoms with Gasteiger partial charge in [-0.25, -0.2) is 9.59 Å². The van der Waals surface area contributed by atoms with Crippen LogP contribution in [-0.4, -0.2) is 74.3 Å². The van der Waals surface area contributed by atoms with Crippen molar-refractivity contribution in [2.24, 2.45) is 0 Å². The van der Waals surface area contributed by atoms with Crippen LogP contribution in [0.3, 0.4) is 0 Å². The summed E-state index contributed by atoms with van der Waals surface area (Å²) in [6.07, 6.45) is 0.519. The minimum Gasteiger partial charge on any atom is -0.455 e. The van der Waals surface area contributed by atoms with Gasteiger partial charge in [-0.05, 0) is 99.8 Å². The average molecular weight is 932 g/mol. The summed E-state index contributed by atoms with van der Waals surface area (Å²) >= 11 is 0. The Hall–Kier alpha value is -3.60. The number of ether oxygens (including phenoxy) is 2. The number of benzene rings is 4. The molecule has 0 aliphatic rings. The van der Waals surface area contributed by atoms with Crippen molar-refractivity contribution in [2.45, 2.75) is 104 Å². The van der Waals surface area contributed by atoms with Crippen LogP contribution in [-0.2, 0) is 39.6 Å². The van der Waals surface area contributed by atoms with Crippen LogP contribution in [0, 0.1) is 0 Å². The van der Waals surface area contributed by atoms with Crippen molar-refractivity contribution in [1.82, 2.24) is 0 Å². The maximum absolute atomic E-state index is 13.9. The number of rotatable bonds is 22.